The van der Waals surface area contributed by atoms with Gasteiger partial charge in [-0.1, -0.05) is 12.1 Å². The summed E-state index contributed by atoms with van der Waals surface area (Å²) in [5, 5.41) is 5.54. The van der Waals surface area contributed by atoms with Crippen LogP contribution >= 0.6 is 0 Å². The Morgan fingerprint density at radius 2 is 1.77 bits per heavy atom. The quantitative estimate of drug-likeness (QED) is 0.628. The Morgan fingerprint density at radius 1 is 1.10 bits per heavy atom. The topological polar surface area (TPSA) is 77.1 Å². The Morgan fingerprint density at radius 3 is 2.37 bits per heavy atom. The van der Waals surface area contributed by atoms with Gasteiger partial charge in [0.2, 0.25) is 0 Å². The maximum atomic E-state index is 12.4. The van der Waals surface area contributed by atoms with Gasteiger partial charge in [-0.15, -0.1) is 0 Å². The van der Waals surface area contributed by atoms with Crippen molar-refractivity contribution in [3.8, 4) is 0 Å². The first-order valence-corrected chi connectivity index (χ1v) is 10.8. The largest absolute Gasteiger partial charge is 0.378 e. The number of carbonyl (C=O) groups excluding carboxylic acids is 2. The van der Waals surface area contributed by atoms with Gasteiger partial charge in [-0.25, -0.2) is 0 Å². The van der Waals surface area contributed by atoms with E-state index in [9.17, 15) is 9.59 Å². The van der Waals surface area contributed by atoms with Crippen LogP contribution < -0.4 is 15.5 Å². The number of benzene rings is 1. The number of nitrogens with zero attached hydrogens (tertiary/aromatic N) is 3. The van der Waals surface area contributed by atoms with Crippen LogP contribution in [0.25, 0.3) is 0 Å². The fraction of sp³-hybridized carbons (Fsp3) is 0.636. The smallest absolute Gasteiger partial charge is 0.309 e. The Kier molecular flexibility index (Phi) is 8.07. The summed E-state index contributed by atoms with van der Waals surface area (Å²) in [5.74, 6) is -1.18. The molecule has 8 nitrogen and oxygen atoms in total. The van der Waals surface area contributed by atoms with E-state index >= 15 is 0 Å². The molecule has 166 valence electrons. The number of amides is 2. The summed E-state index contributed by atoms with van der Waals surface area (Å²) >= 11 is 0. The van der Waals surface area contributed by atoms with Crippen LogP contribution in [-0.4, -0.2) is 94.7 Å². The number of anilines is 1. The van der Waals surface area contributed by atoms with Crippen LogP contribution in [-0.2, 0) is 14.3 Å². The van der Waals surface area contributed by atoms with Gasteiger partial charge in [-0.3, -0.25) is 14.5 Å². The molecular formula is C22H35N5O3. The van der Waals surface area contributed by atoms with Gasteiger partial charge in [0.05, 0.1) is 12.1 Å². The van der Waals surface area contributed by atoms with Gasteiger partial charge < -0.3 is 25.2 Å². The lowest BCUT2D eigenvalue weighted by Gasteiger charge is -2.38. The van der Waals surface area contributed by atoms with Crippen molar-refractivity contribution in [2.24, 2.45) is 0 Å². The zero-order valence-electron chi connectivity index (χ0n) is 18.4. The molecule has 2 unspecified atom stereocenters. The van der Waals surface area contributed by atoms with E-state index in [1.54, 1.807) is 0 Å². The highest BCUT2D eigenvalue weighted by molar-refractivity contribution is 6.35. The molecule has 2 amide bonds. The van der Waals surface area contributed by atoms with Crippen molar-refractivity contribution in [3.05, 3.63) is 29.8 Å². The Bertz CT molecular complexity index is 695. The van der Waals surface area contributed by atoms with Crippen LogP contribution in [0.2, 0.25) is 0 Å². The van der Waals surface area contributed by atoms with Crippen molar-refractivity contribution in [1.29, 1.82) is 0 Å². The van der Waals surface area contributed by atoms with E-state index in [1.807, 2.05) is 14.1 Å². The molecule has 1 aromatic rings. The van der Waals surface area contributed by atoms with E-state index in [4.69, 9.17) is 4.74 Å². The third-order valence-corrected chi connectivity index (χ3v) is 5.95. The van der Waals surface area contributed by atoms with Gasteiger partial charge in [0.1, 0.15) is 0 Å². The standard InChI is InChI=1S/C22H35N5O3/c1-25(2)18-8-6-17(7-9-18)20(27-12-10-26(3)11-13-27)16-24-22(29)21(28)23-15-19-5-4-14-30-19/h6-9,19-20H,4-5,10-16H2,1-3H3,(H,23,28)(H,24,29). The lowest BCUT2D eigenvalue weighted by molar-refractivity contribution is -0.139. The van der Waals surface area contributed by atoms with Crippen LogP contribution in [0.4, 0.5) is 5.69 Å². The molecule has 1 aromatic carbocycles. The Labute approximate surface area is 179 Å². The van der Waals surface area contributed by atoms with Crippen LogP contribution in [0.5, 0.6) is 0 Å². The Balaban J connectivity index is 1.60. The third-order valence-electron chi connectivity index (χ3n) is 5.95. The average molecular weight is 418 g/mol. The molecule has 0 aromatic heterocycles. The molecule has 0 bridgehead atoms. The lowest BCUT2D eigenvalue weighted by atomic mass is 10.0. The fourth-order valence-electron chi connectivity index (χ4n) is 3.95. The minimum Gasteiger partial charge on any atom is -0.378 e. The molecule has 2 heterocycles. The third kappa shape index (κ3) is 6.17. The summed E-state index contributed by atoms with van der Waals surface area (Å²) in [4.78, 5) is 31.3. The highest BCUT2D eigenvalue weighted by Crippen LogP contribution is 2.24. The number of nitrogens with one attached hydrogen (secondary N) is 2. The molecule has 2 fully saturated rings. The number of piperazine rings is 1. The minimum absolute atomic E-state index is 0.0232. The second kappa shape index (κ2) is 10.7. The van der Waals surface area contributed by atoms with E-state index in [0.717, 1.165) is 56.9 Å². The number of carbonyl (C=O) groups is 2. The summed E-state index contributed by atoms with van der Waals surface area (Å²) in [7, 11) is 6.16. The van der Waals surface area contributed by atoms with Crippen molar-refractivity contribution < 1.29 is 14.3 Å². The summed E-state index contributed by atoms with van der Waals surface area (Å²) in [6.45, 7) is 5.35. The molecule has 0 saturated carbocycles. The van der Waals surface area contributed by atoms with Gasteiger partial charge in [-0.05, 0) is 37.6 Å². The average Bonchev–Trinajstić information content (AvgIpc) is 3.27. The first kappa shape index (κ1) is 22.5. The second-order valence-corrected chi connectivity index (χ2v) is 8.40. The molecular weight excluding hydrogens is 382 g/mol. The van der Waals surface area contributed by atoms with Crippen LogP contribution in [0.15, 0.2) is 24.3 Å². The van der Waals surface area contributed by atoms with Crippen LogP contribution in [0.3, 0.4) is 0 Å². The summed E-state index contributed by atoms with van der Waals surface area (Å²) < 4.78 is 5.49. The molecule has 2 atom stereocenters. The lowest BCUT2D eigenvalue weighted by Crippen LogP contribution is -2.50. The van der Waals surface area contributed by atoms with Crippen molar-refractivity contribution in [1.82, 2.24) is 20.4 Å². The van der Waals surface area contributed by atoms with Gasteiger partial charge in [0.25, 0.3) is 0 Å². The zero-order valence-corrected chi connectivity index (χ0v) is 18.4. The second-order valence-electron chi connectivity index (χ2n) is 8.40. The van der Waals surface area contributed by atoms with Crippen LogP contribution in [0, 0.1) is 0 Å². The van der Waals surface area contributed by atoms with Gasteiger partial charge >= 0.3 is 11.8 Å². The van der Waals surface area contributed by atoms with Crippen LogP contribution in [0.1, 0.15) is 24.4 Å². The zero-order chi connectivity index (χ0) is 21.5. The number of hydrogen-bond donors (Lipinski definition) is 2. The van der Waals surface area contributed by atoms with E-state index in [2.05, 4.69) is 56.6 Å². The van der Waals surface area contributed by atoms with E-state index in [0.29, 0.717) is 13.1 Å². The summed E-state index contributed by atoms with van der Waals surface area (Å²) in [6, 6.07) is 8.44. The van der Waals surface area contributed by atoms with Crippen molar-refractivity contribution >= 4 is 17.5 Å². The minimum atomic E-state index is -0.592. The van der Waals surface area contributed by atoms with Gasteiger partial charge in [0, 0.05) is 65.7 Å². The first-order chi connectivity index (χ1) is 14.4. The predicted octanol–water partition coefficient (Wildman–Crippen LogP) is 0.453. The monoisotopic (exact) mass is 417 g/mol. The summed E-state index contributed by atoms with van der Waals surface area (Å²) in [6.07, 6.45) is 1.96. The van der Waals surface area contributed by atoms with E-state index < -0.39 is 11.8 Å². The summed E-state index contributed by atoms with van der Waals surface area (Å²) in [5.41, 5.74) is 2.28. The SMILES string of the molecule is CN1CCN(C(CNC(=O)C(=O)NCC2CCCO2)c2ccc(N(C)C)cc2)CC1. The highest BCUT2D eigenvalue weighted by Gasteiger charge is 2.26. The molecule has 30 heavy (non-hydrogen) atoms. The van der Waals surface area contributed by atoms with Crippen molar-refractivity contribution in [3.63, 3.8) is 0 Å². The number of likely N-dealkylation sites (N-methyl/N-ethyl adjacent to an activating group) is 1. The fourth-order valence-corrected chi connectivity index (χ4v) is 3.95. The molecule has 8 heteroatoms. The van der Waals surface area contributed by atoms with E-state index in [-0.39, 0.29) is 12.1 Å². The number of rotatable bonds is 7. The molecule has 2 N–H and O–H groups in total. The Hall–Kier alpha value is -2.16. The molecule has 0 aliphatic carbocycles. The molecule has 2 saturated heterocycles. The highest BCUT2D eigenvalue weighted by atomic mass is 16.5. The van der Waals surface area contributed by atoms with Gasteiger partial charge in [-0.2, -0.15) is 0 Å². The molecule has 2 aliphatic rings. The van der Waals surface area contributed by atoms with Crippen molar-refractivity contribution in [2.75, 3.05) is 71.9 Å². The van der Waals surface area contributed by atoms with Crippen molar-refractivity contribution in [2.45, 2.75) is 25.0 Å². The molecule has 0 radical (unpaired) electrons. The number of hydrogen-bond acceptors (Lipinski definition) is 6. The maximum absolute atomic E-state index is 12.4. The predicted molar refractivity (Wildman–Crippen MR) is 118 cm³/mol. The molecule has 3 rings (SSSR count). The van der Waals surface area contributed by atoms with E-state index in [1.165, 1.54) is 0 Å². The van der Waals surface area contributed by atoms with Gasteiger partial charge in [0.15, 0.2) is 0 Å². The number of ether oxygens (including phenoxy) is 1. The molecule has 2 aliphatic heterocycles. The normalized spacial score (nSPS) is 21.2. The maximum Gasteiger partial charge on any atom is 0.309 e. The molecule has 0 spiro atoms. The first-order valence-electron chi connectivity index (χ1n) is 10.8.